The molecule has 2 unspecified atom stereocenters. The third-order valence-electron chi connectivity index (χ3n) is 2.90. The molecule has 0 aromatic carbocycles. The van der Waals surface area contributed by atoms with Gasteiger partial charge in [0.2, 0.25) is 0 Å². The van der Waals surface area contributed by atoms with Crippen molar-refractivity contribution in [2.75, 3.05) is 39.9 Å². The summed E-state index contributed by atoms with van der Waals surface area (Å²) in [5, 5.41) is 3.32. The van der Waals surface area contributed by atoms with Crippen LogP contribution >= 0.6 is 0 Å². The Labute approximate surface area is 97.2 Å². The monoisotopic (exact) mass is 252 g/mol. The van der Waals surface area contributed by atoms with E-state index in [0.29, 0.717) is 13.1 Å². The van der Waals surface area contributed by atoms with Gasteiger partial charge in [0, 0.05) is 44.1 Å². The van der Waals surface area contributed by atoms with E-state index in [9.17, 15) is 13.2 Å². The van der Waals surface area contributed by atoms with Gasteiger partial charge in [-0.05, 0) is 5.53 Å². The lowest BCUT2D eigenvalue weighted by Gasteiger charge is -2.20. The molecule has 0 N–H and O–H groups in total. The fourth-order valence-electron chi connectivity index (χ4n) is 2.13. The Morgan fingerprint density at radius 2 is 2.18 bits per heavy atom. The van der Waals surface area contributed by atoms with Crippen LogP contribution in [0.15, 0.2) is 5.11 Å². The zero-order valence-corrected chi connectivity index (χ0v) is 9.52. The van der Waals surface area contributed by atoms with E-state index in [1.54, 1.807) is 4.90 Å². The SMILES string of the molecule is COCC1CN(CCN=[N+]=[N-])CC1C(F)(F)F. The molecule has 0 aliphatic carbocycles. The summed E-state index contributed by atoms with van der Waals surface area (Å²) in [6, 6.07) is 0. The highest BCUT2D eigenvalue weighted by Gasteiger charge is 2.49. The minimum absolute atomic E-state index is 0.0432. The van der Waals surface area contributed by atoms with Crippen molar-refractivity contribution in [2.24, 2.45) is 17.0 Å². The van der Waals surface area contributed by atoms with Crippen LogP contribution in [0.1, 0.15) is 0 Å². The minimum Gasteiger partial charge on any atom is -0.384 e. The number of rotatable bonds is 5. The molecule has 98 valence electrons. The Hall–Kier alpha value is -0.980. The van der Waals surface area contributed by atoms with Gasteiger partial charge in [0.25, 0.3) is 0 Å². The number of alkyl halides is 3. The highest BCUT2D eigenvalue weighted by Crippen LogP contribution is 2.37. The molecule has 0 amide bonds. The fraction of sp³-hybridized carbons (Fsp3) is 1.00. The molecule has 0 saturated carbocycles. The van der Waals surface area contributed by atoms with Crippen molar-refractivity contribution in [3.63, 3.8) is 0 Å². The van der Waals surface area contributed by atoms with Crippen LogP contribution in [-0.2, 0) is 4.74 Å². The third-order valence-corrected chi connectivity index (χ3v) is 2.90. The Bertz CT molecular complexity index is 290. The van der Waals surface area contributed by atoms with Gasteiger partial charge < -0.3 is 9.64 Å². The molecule has 5 nitrogen and oxygen atoms in total. The summed E-state index contributed by atoms with van der Waals surface area (Å²) in [5.41, 5.74) is 8.10. The highest BCUT2D eigenvalue weighted by atomic mass is 19.4. The summed E-state index contributed by atoms with van der Waals surface area (Å²) in [5.74, 6) is -1.89. The zero-order chi connectivity index (χ0) is 12.9. The summed E-state index contributed by atoms with van der Waals surface area (Å²) in [7, 11) is 1.40. The number of halogens is 3. The predicted molar refractivity (Wildman–Crippen MR) is 55.4 cm³/mol. The normalized spacial score (nSPS) is 25.9. The number of methoxy groups -OCH3 is 1. The van der Waals surface area contributed by atoms with Gasteiger partial charge in [0.15, 0.2) is 0 Å². The molecule has 1 saturated heterocycles. The van der Waals surface area contributed by atoms with Gasteiger partial charge in [-0.25, -0.2) is 0 Å². The van der Waals surface area contributed by atoms with Crippen LogP contribution < -0.4 is 0 Å². The molecule has 0 radical (unpaired) electrons. The maximum Gasteiger partial charge on any atom is 0.393 e. The van der Waals surface area contributed by atoms with E-state index in [0.717, 1.165) is 0 Å². The second-order valence-electron chi connectivity index (χ2n) is 4.08. The Morgan fingerprint density at radius 3 is 2.71 bits per heavy atom. The van der Waals surface area contributed by atoms with Gasteiger partial charge in [-0.15, -0.1) is 0 Å². The number of hydrogen-bond donors (Lipinski definition) is 0. The molecule has 1 heterocycles. The van der Waals surface area contributed by atoms with Crippen LogP contribution in [0.2, 0.25) is 0 Å². The Balaban J connectivity index is 2.55. The quantitative estimate of drug-likeness (QED) is 0.427. The molecule has 1 aliphatic heterocycles. The summed E-state index contributed by atoms with van der Waals surface area (Å²) < 4.78 is 43.0. The lowest BCUT2D eigenvalue weighted by atomic mass is 9.96. The largest absolute Gasteiger partial charge is 0.393 e. The molecule has 1 rings (SSSR count). The smallest absolute Gasteiger partial charge is 0.384 e. The maximum absolute atomic E-state index is 12.7. The average molecular weight is 252 g/mol. The summed E-state index contributed by atoms with van der Waals surface area (Å²) in [6.45, 7) is 0.942. The van der Waals surface area contributed by atoms with Crippen molar-refractivity contribution in [3.05, 3.63) is 10.4 Å². The van der Waals surface area contributed by atoms with Crippen molar-refractivity contribution in [2.45, 2.75) is 6.18 Å². The second kappa shape index (κ2) is 6.09. The minimum atomic E-state index is -4.20. The van der Waals surface area contributed by atoms with E-state index in [-0.39, 0.29) is 19.7 Å². The fourth-order valence-corrected chi connectivity index (χ4v) is 2.13. The molecule has 1 fully saturated rings. The summed E-state index contributed by atoms with van der Waals surface area (Å²) in [4.78, 5) is 4.23. The Morgan fingerprint density at radius 1 is 1.47 bits per heavy atom. The molecular weight excluding hydrogens is 237 g/mol. The van der Waals surface area contributed by atoms with Crippen LogP contribution in [0.3, 0.4) is 0 Å². The average Bonchev–Trinajstić information content (AvgIpc) is 2.62. The molecule has 0 aromatic rings. The molecule has 0 spiro atoms. The van der Waals surface area contributed by atoms with Gasteiger partial charge in [-0.2, -0.15) is 13.2 Å². The van der Waals surface area contributed by atoms with Crippen LogP contribution in [0.4, 0.5) is 13.2 Å². The highest BCUT2D eigenvalue weighted by molar-refractivity contribution is 4.88. The van der Waals surface area contributed by atoms with Gasteiger partial charge in [0.1, 0.15) is 0 Å². The number of ether oxygens (including phenoxy) is 1. The first kappa shape index (κ1) is 14.1. The zero-order valence-electron chi connectivity index (χ0n) is 9.52. The van der Waals surface area contributed by atoms with Crippen LogP contribution in [0.25, 0.3) is 10.4 Å². The number of azide groups is 1. The van der Waals surface area contributed by atoms with Gasteiger partial charge in [0.05, 0.1) is 12.5 Å². The molecule has 0 aromatic heterocycles. The predicted octanol–water partition coefficient (Wildman–Crippen LogP) is 2.05. The lowest BCUT2D eigenvalue weighted by Crippen LogP contribution is -2.32. The van der Waals surface area contributed by atoms with Crippen LogP contribution in [-0.4, -0.2) is 51.0 Å². The topological polar surface area (TPSA) is 61.2 Å². The van der Waals surface area contributed by atoms with Crippen molar-refractivity contribution in [1.29, 1.82) is 0 Å². The first-order valence-electron chi connectivity index (χ1n) is 5.28. The molecule has 2 atom stereocenters. The summed E-state index contributed by atoms with van der Waals surface area (Å²) in [6.07, 6.45) is -4.20. The van der Waals surface area contributed by atoms with Crippen molar-refractivity contribution >= 4 is 0 Å². The molecule has 1 aliphatic rings. The second-order valence-corrected chi connectivity index (χ2v) is 4.08. The van der Waals surface area contributed by atoms with Crippen molar-refractivity contribution < 1.29 is 17.9 Å². The number of likely N-dealkylation sites (tertiary alicyclic amines) is 1. The first-order valence-corrected chi connectivity index (χ1v) is 5.28. The van der Waals surface area contributed by atoms with Crippen LogP contribution in [0, 0.1) is 11.8 Å². The van der Waals surface area contributed by atoms with Crippen molar-refractivity contribution in [1.82, 2.24) is 4.90 Å². The molecule has 0 bridgehead atoms. The van der Waals surface area contributed by atoms with Gasteiger partial charge in [-0.1, -0.05) is 5.11 Å². The van der Waals surface area contributed by atoms with E-state index in [4.69, 9.17) is 10.3 Å². The molecule has 17 heavy (non-hydrogen) atoms. The summed E-state index contributed by atoms with van der Waals surface area (Å²) >= 11 is 0. The van der Waals surface area contributed by atoms with Gasteiger partial charge in [-0.3, -0.25) is 0 Å². The molecule has 8 heteroatoms. The standard InChI is InChI=1S/C9H15F3N4O/c1-17-6-7-4-16(3-2-14-15-13)5-8(7)9(10,11)12/h7-8H,2-6H2,1H3. The third kappa shape index (κ3) is 4.07. The molecular formula is C9H15F3N4O. The van der Waals surface area contributed by atoms with E-state index in [1.807, 2.05) is 0 Å². The van der Waals surface area contributed by atoms with E-state index >= 15 is 0 Å². The first-order chi connectivity index (χ1) is 7.99. The van der Waals surface area contributed by atoms with E-state index < -0.39 is 18.0 Å². The number of nitrogens with zero attached hydrogens (tertiary/aromatic N) is 4. The Kier molecular flexibility index (Phi) is 5.04. The number of hydrogen-bond acceptors (Lipinski definition) is 3. The van der Waals surface area contributed by atoms with Gasteiger partial charge >= 0.3 is 6.18 Å². The van der Waals surface area contributed by atoms with Crippen molar-refractivity contribution in [3.8, 4) is 0 Å². The van der Waals surface area contributed by atoms with E-state index in [1.165, 1.54) is 7.11 Å². The lowest BCUT2D eigenvalue weighted by molar-refractivity contribution is -0.183. The van der Waals surface area contributed by atoms with E-state index in [2.05, 4.69) is 10.0 Å². The maximum atomic E-state index is 12.7. The van der Waals surface area contributed by atoms with Crippen LogP contribution in [0.5, 0.6) is 0 Å².